The average molecular weight is 353 g/mol. The zero-order valence-electron chi connectivity index (χ0n) is 13.5. The van der Waals surface area contributed by atoms with Crippen LogP contribution in [0.25, 0.3) is 0 Å². The number of hydrogen-bond donors (Lipinski definition) is 2. The molecule has 1 fully saturated rings. The Balaban J connectivity index is 1.66. The van der Waals surface area contributed by atoms with E-state index in [1.54, 1.807) is 18.2 Å². The second-order valence-corrected chi connectivity index (χ2v) is 6.54. The van der Waals surface area contributed by atoms with Crippen LogP contribution >= 0.6 is 11.6 Å². The van der Waals surface area contributed by atoms with Crippen molar-refractivity contribution >= 4 is 23.2 Å². The van der Waals surface area contributed by atoms with E-state index in [2.05, 4.69) is 5.32 Å². The van der Waals surface area contributed by atoms with Crippen LogP contribution in [-0.2, 0) is 11.2 Å². The maximum absolute atomic E-state index is 12.2. The van der Waals surface area contributed by atoms with Gasteiger partial charge in [0.2, 0.25) is 0 Å². The monoisotopic (exact) mass is 352 g/mol. The Hall–Kier alpha value is -2.77. The van der Waals surface area contributed by atoms with Gasteiger partial charge in [-0.25, -0.2) is 0 Å². The lowest BCUT2D eigenvalue weighted by molar-refractivity contribution is -0.112. The van der Waals surface area contributed by atoms with Crippen LogP contribution in [0.15, 0.2) is 59.9 Å². The van der Waals surface area contributed by atoms with Crippen LogP contribution in [0, 0.1) is 17.2 Å². The molecule has 5 heteroatoms. The molecule has 4 nitrogen and oxygen atoms in total. The number of benzene rings is 2. The lowest BCUT2D eigenvalue weighted by Crippen LogP contribution is -2.16. The van der Waals surface area contributed by atoms with Crippen LogP contribution in [0.2, 0.25) is 5.02 Å². The first-order chi connectivity index (χ1) is 12.1. The van der Waals surface area contributed by atoms with Gasteiger partial charge in [0, 0.05) is 16.6 Å². The Kier molecular flexibility index (Phi) is 5.06. The summed E-state index contributed by atoms with van der Waals surface area (Å²) in [5, 5.41) is 22.4. The van der Waals surface area contributed by atoms with Gasteiger partial charge in [-0.05, 0) is 54.7 Å². The molecule has 2 aromatic rings. The second kappa shape index (κ2) is 7.42. The van der Waals surface area contributed by atoms with Crippen molar-refractivity contribution in [1.29, 1.82) is 5.26 Å². The van der Waals surface area contributed by atoms with E-state index >= 15 is 0 Å². The van der Waals surface area contributed by atoms with Crippen LogP contribution in [0.5, 0.6) is 0 Å². The Labute approximate surface area is 151 Å². The molecule has 25 heavy (non-hydrogen) atoms. The smallest absolute Gasteiger partial charge is 0.269 e. The molecule has 1 aliphatic carbocycles. The quantitative estimate of drug-likeness (QED) is 0.468. The molecule has 126 valence electrons. The third-order valence-corrected chi connectivity index (χ3v) is 4.34. The van der Waals surface area contributed by atoms with Crippen LogP contribution in [-0.4, -0.2) is 11.0 Å². The van der Waals surface area contributed by atoms with E-state index in [1.807, 2.05) is 36.4 Å². The Morgan fingerprint density at radius 3 is 2.20 bits per heavy atom. The average Bonchev–Trinajstić information content (AvgIpc) is 3.44. The number of carbonyl (C=O) groups is 1. The summed E-state index contributed by atoms with van der Waals surface area (Å²) in [5.41, 5.74) is 2.62. The van der Waals surface area contributed by atoms with Crippen molar-refractivity contribution in [1.82, 2.24) is 0 Å². The van der Waals surface area contributed by atoms with Crippen LogP contribution in [0.1, 0.15) is 24.0 Å². The van der Waals surface area contributed by atoms with Gasteiger partial charge in [-0.3, -0.25) is 4.79 Å². The van der Waals surface area contributed by atoms with Gasteiger partial charge >= 0.3 is 0 Å². The molecule has 0 heterocycles. The van der Waals surface area contributed by atoms with E-state index < -0.39 is 5.91 Å². The number of allylic oxidation sites excluding steroid dienone is 1. The lowest BCUT2D eigenvalue weighted by Gasteiger charge is -2.07. The number of nitriles is 1. The summed E-state index contributed by atoms with van der Waals surface area (Å²) in [6.45, 7) is 0. The summed E-state index contributed by atoms with van der Waals surface area (Å²) in [6.07, 6.45) is 2.41. The predicted octanol–water partition coefficient (Wildman–Crippen LogP) is 4.61. The van der Waals surface area contributed by atoms with Gasteiger partial charge in [-0.2, -0.15) is 5.26 Å². The minimum absolute atomic E-state index is 0.0397. The minimum atomic E-state index is -0.572. The van der Waals surface area contributed by atoms with Crippen LogP contribution in [0.3, 0.4) is 0 Å². The Morgan fingerprint density at radius 2 is 1.68 bits per heavy atom. The molecule has 2 aromatic carbocycles. The number of anilines is 1. The molecular weight excluding hydrogens is 336 g/mol. The molecule has 3 rings (SSSR count). The summed E-state index contributed by atoms with van der Waals surface area (Å²) in [7, 11) is 0. The van der Waals surface area contributed by atoms with Crippen molar-refractivity contribution in [3.05, 3.63) is 76.0 Å². The Morgan fingerprint density at radius 1 is 1.12 bits per heavy atom. The maximum Gasteiger partial charge on any atom is 0.269 e. The van der Waals surface area contributed by atoms with E-state index in [0.29, 0.717) is 10.7 Å². The first-order valence-electron chi connectivity index (χ1n) is 8.05. The summed E-state index contributed by atoms with van der Waals surface area (Å²) >= 11 is 5.88. The van der Waals surface area contributed by atoms with Gasteiger partial charge in [0.05, 0.1) is 0 Å². The van der Waals surface area contributed by atoms with Gasteiger partial charge in [-0.1, -0.05) is 35.9 Å². The fraction of sp³-hybridized carbons (Fsp3) is 0.200. The molecular formula is C20H17ClN2O2. The van der Waals surface area contributed by atoms with E-state index in [0.717, 1.165) is 30.4 Å². The maximum atomic E-state index is 12.2. The molecule has 2 N–H and O–H groups in total. The first kappa shape index (κ1) is 17.1. The number of rotatable bonds is 5. The standard InChI is InChI=1S/C20H17ClN2O2/c21-16-7-1-13(2-8-16)11-14-3-9-17(10-4-14)23-20(25)18(12-22)19(24)15-5-6-15/h1-4,7-10,15,24H,5-6,11H2,(H,23,25). The van der Waals surface area contributed by atoms with Crippen molar-refractivity contribution in [3.8, 4) is 6.07 Å². The Bertz CT molecular complexity index is 845. The fourth-order valence-electron chi connectivity index (χ4n) is 2.52. The molecule has 0 bridgehead atoms. The van der Waals surface area contributed by atoms with E-state index in [4.69, 9.17) is 16.9 Å². The van der Waals surface area contributed by atoms with E-state index in [-0.39, 0.29) is 17.3 Å². The largest absolute Gasteiger partial charge is 0.510 e. The summed E-state index contributed by atoms with van der Waals surface area (Å²) < 4.78 is 0. The van der Waals surface area contributed by atoms with Crippen molar-refractivity contribution in [3.63, 3.8) is 0 Å². The highest BCUT2D eigenvalue weighted by molar-refractivity contribution is 6.30. The van der Waals surface area contributed by atoms with Crippen molar-refractivity contribution < 1.29 is 9.90 Å². The molecule has 1 amide bonds. The zero-order valence-corrected chi connectivity index (χ0v) is 14.3. The van der Waals surface area contributed by atoms with E-state index in [9.17, 15) is 9.90 Å². The van der Waals surface area contributed by atoms with Crippen molar-refractivity contribution in [2.24, 2.45) is 5.92 Å². The van der Waals surface area contributed by atoms with E-state index in [1.165, 1.54) is 0 Å². The minimum Gasteiger partial charge on any atom is -0.510 e. The third kappa shape index (κ3) is 4.40. The molecule has 0 aliphatic heterocycles. The highest BCUT2D eigenvalue weighted by atomic mass is 35.5. The van der Waals surface area contributed by atoms with Crippen molar-refractivity contribution in [2.45, 2.75) is 19.3 Å². The molecule has 0 spiro atoms. The molecule has 0 atom stereocenters. The number of aliphatic hydroxyl groups excluding tert-OH is 1. The molecule has 0 unspecified atom stereocenters. The number of nitrogens with zero attached hydrogens (tertiary/aromatic N) is 1. The van der Waals surface area contributed by atoms with Crippen LogP contribution < -0.4 is 5.32 Å². The number of aliphatic hydroxyl groups is 1. The lowest BCUT2D eigenvalue weighted by atomic mass is 10.0. The highest BCUT2D eigenvalue weighted by Gasteiger charge is 2.30. The molecule has 1 saturated carbocycles. The van der Waals surface area contributed by atoms with Crippen LogP contribution in [0.4, 0.5) is 5.69 Å². The third-order valence-electron chi connectivity index (χ3n) is 4.09. The molecule has 0 aromatic heterocycles. The number of hydrogen-bond acceptors (Lipinski definition) is 3. The number of amides is 1. The number of carbonyl (C=O) groups excluding carboxylic acids is 1. The summed E-state index contributed by atoms with van der Waals surface area (Å²) in [5.74, 6) is -0.709. The zero-order chi connectivity index (χ0) is 17.8. The van der Waals surface area contributed by atoms with Gasteiger partial charge in [0.25, 0.3) is 5.91 Å². The summed E-state index contributed by atoms with van der Waals surface area (Å²) in [4.78, 5) is 12.2. The van der Waals surface area contributed by atoms with Gasteiger partial charge in [0.15, 0.2) is 5.57 Å². The molecule has 0 radical (unpaired) electrons. The number of nitrogens with one attached hydrogen (secondary N) is 1. The normalized spacial score (nSPS) is 14.4. The SMILES string of the molecule is N#CC(C(=O)Nc1ccc(Cc2ccc(Cl)cc2)cc1)=C(O)C1CC1. The number of halogens is 1. The highest BCUT2D eigenvalue weighted by Crippen LogP contribution is 2.36. The van der Waals surface area contributed by atoms with Gasteiger partial charge in [-0.15, -0.1) is 0 Å². The molecule has 0 saturated heterocycles. The van der Waals surface area contributed by atoms with Gasteiger partial charge in [0.1, 0.15) is 11.8 Å². The fourth-order valence-corrected chi connectivity index (χ4v) is 2.65. The second-order valence-electron chi connectivity index (χ2n) is 6.10. The molecule has 1 aliphatic rings. The summed E-state index contributed by atoms with van der Waals surface area (Å²) in [6, 6.07) is 16.9. The van der Waals surface area contributed by atoms with Crippen molar-refractivity contribution in [2.75, 3.05) is 5.32 Å². The first-order valence-corrected chi connectivity index (χ1v) is 8.42. The predicted molar refractivity (Wildman–Crippen MR) is 97.3 cm³/mol. The topological polar surface area (TPSA) is 73.1 Å². The van der Waals surface area contributed by atoms with Gasteiger partial charge < -0.3 is 10.4 Å².